The molecule has 0 aliphatic carbocycles. The van der Waals surface area contributed by atoms with E-state index in [1.807, 2.05) is 18.2 Å². The summed E-state index contributed by atoms with van der Waals surface area (Å²) in [5.74, 6) is 0. The Labute approximate surface area is 109 Å². The van der Waals surface area contributed by atoms with Gasteiger partial charge in [-0.25, -0.2) is 0 Å². The summed E-state index contributed by atoms with van der Waals surface area (Å²) in [5, 5.41) is 4.92. The number of ether oxygens (including phenoxy) is 1. The van der Waals surface area contributed by atoms with Crippen LogP contribution in [0.3, 0.4) is 0 Å². The number of aromatic nitrogens is 2. The third-order valence-electron chi connectivity index (χ3n) is 2.18. The molecule has 0 radical (unpaired) electrons. The van der Waals surface area contributed by atoms with Gasteiger partial charge in [0.25, 0.3) is 0 Å². The molecule has 0 aliphatic rings. The third-order valence-corrected chi connectivity index (χ3v) is 2.85. The molecule has 0 aliphatic heterocycles. The van der Waals surface area contributed by atoms with Crippen LogP contribution >= 0.6 is 22.6 Å². The molecular weight excluding hydrogens is 348 g/mol. The molecule has 0 amide bonds. The van der Waals surface area contributed by atoms with Crippen LogP contribution < -0.4 is 0 Å². The van der Waals surface area contributed by atoms with E-state index in [1.165, 1.54) is 4.68 Å². The lowest BCUT2D eigenvalue weighted by Crippen LogP contribution is -2.17. The Kier molecular flexibility index (Phi) is 3.57. The summed E-state index contributed by atoms with van der Waals surface area (Å²) < 4.78 is 41.7. The highest BCUT2D eigenvalue weighted by Crippen LogP contribution is 2.18. The molecule has 0 saturated heterocycles. The van der Waals surface area contributed by atoms with E-state index in [2.05, 4.69) is 32.4 Å². The number of hydrogen-bond acceptors (Lipinski definition) is 2. The molecule has 0 bridgehead atoms. The molecule has 3 nitrogen and oxygen atoms in total. The molecule has 0 saturated carbocycles. The summed E-state index contributed by atoms with van der Waals surface area (Å²) in [6, 6.07) is 5.67. The van der Waals surface area contributed by atoms with E-state index in [0.29, 0.717) is 0 Å². The zero-order valence-corrected chi connectivity index (χ0v) is 10.7. The van der Waals surface area contributed by atoms with Gasteiger partial charge in [-0.15, -0.1) is 13.2 Å². The predicted molar refractivity (Wildman–Crippen MR) is 64.5 cm³/mol. The van der Waals surface area contributed by atoms with Crippen LogP contribution in [-0.4, -0.2) is 22.7 Å². The summed E-state index contributed by atoms with van der Waals surface area (Å²) >= 11 is 2.14. The van der Waals surface area contributed by atoms with Crippen molar-refractivity contribution in [3.63, 3.8) is 0 Å². The second kappa shape index (κ2) is 4.81. The molecular formula is C10H8F3IN2O. The maximum atomic E-state index is 11.8. The van der Waals surface area contributed by atoms with E-state index < -0.39 is 13.0 Å². The summed E-state index contributed by atoms with van der Waals surface area (Å²) in [6.45, 7) is -0.366. The van der Waals surface area contributed by atoms with Gasteiger partial charge in [-0.3, -0.25) is 9.42 Å². The van der Waals surface area contributed by atoms with Gasteiger partial charge in [-0.05, 0) is 34.7 Å². The Bertz CT molecular complexity index is 524. The molecule has 92 valence electrons. The topological polar surface area (TPSA) is 27.1 Å². The maximum absolute atomic E-state index is 11.8. The van der Waals surface area contributed by atoms with Gasteiger partial charge in [-0.2, -0.15) is 5.10 Å². The van der Waals surface area contributed by atoms with Crippen LogP contribution in [0, 0.1) is 3.57 Å². The fraction of sp³-hybridized carbons (Fsp3) is 0.300. The molecule has 0 unspecified atom stereocenters. The minimum absolute atomic E-state index is 0.0725. The van der Waals surface area contributed by atoms with Crippen molar-refractivity contribution in [3.8, 4) is 0 Å². The number of halogens is 4. The fourth-order valence-corrected chi connectivity index (χ4v) is 1.94. The van der Waals surface area contributed by atoms with Gasteiger partial charge in [0.2, 0.25) is 0 Å². The molecule has 0 spiro atoms. The molecule has 0 atom stereocenters. The van der Waals surface area contributed by atoms with Crippen LogP contribution in [-0.2, 0) is 11.3 Å². The Balaban J connectivity index is 2.11. The lowest BCUT2D eigenvalue weighted by Gasteiger charge is -2.07. The van der Waals surface area contributed by atoms with Crippen LogP contribution in [0.4, 0.5) is 13.2 Å². The lowest BCUT2D eigenvalue weighted by molar-refractivity contribution is -0.325. The normalized spacial score (nSPS) is 12.2. The maximum Gasteiger partial charge on any atom is 0.522 e. The van der Waals surface area contributed by atoms with E-state index in [4.69, 9.17) is 0 Å². The average molecular weight is 356 g/mol. The number of rotatable bonds is 3. The van der Waals surface area contributed by atoms with Crippen molar-refractivity contribution >= 4 is 33.5 Å². The first kappa shape index (κ1) is 12.6. The summed E-state index contributed by atoms with van der Waals surface area (Å²) in [7, 11) is 0. The van der Waals surface area contributed by atoms with E-state index >= 15 is 0 Å². The van der Waals surface area contributed by atoms with Gasteiger partial charge in [0.15, 0.2) is 0 Å². The van der Waals surface area contributed by atoms with Crippen molar-refractivity contribution < 1.29 is 17.9 Å². The van der Waals surface area contributed by atoms with Crippen molar-refractivity contribution in [2.75, 3.05) is 6.61 Å². The number of benzene rings is 1. The van der Waals surface area contributed by atoms with Crippen molar-refractivity contribution in [2.24, 2.45) is 0 Å². The third kappa shape index (κ3) is 3.32. The highest BCUT2D eigenvalue weighted by Gasteiger charge is 2.28. The fourth-order valence-electron chi connectivity index (χ4n) is 1.47. The van der Waals surface area contributed by atoms with Gasteiger partial charge < -0.3 is 0 Å². The highest BCUT2D eigenvalue weighted by atomic mass is 127. The minimum atomic E-state index is -4.59. The summed E-state index contributed by atoms with van der Waals surface area (Å²) in [6.07, 6.45) is -2.96. The zero-order chi connectivity index (χ0) is 12.5. The van der Waals surface area contributed by atoms with Gasteiger partial charge in [0.1, 0.15) is 0 Å². The number of alkyl halides is 3. The number of hydrogen-bond donors (Lipinski definition) is 0. The molecule has 0 N–H and O–H groups in total. The largest absolute Gasteiger partial charge is 0.522 e. The highest BCUT2D eigenvalue weighted by molar-refractivity contribution is 14.1. The van der Waals surface area contributed by atoms with Crippen LogP contribution in [0.25, 0.3) is 10.9 Å². The number of nitrogens with zero attached hydrogens (tertiary/aromatic N) is 2. The standard InChI is InChI=1S/C10H8F3IN2O/c11-10(12,13)17-4-3-16-9-5-8(14)2-1-7(9)6-15-16/h1-2,5-6H,3-4H2. The smallest absolute Gasteiger partial charge is 0.290 e. The monoisotopic (exact) mass is 356 g/mol. The average Bonchev–Trinajstić information content (AvgIpc) is 2.59. The van der Waals surface area contributed by atoms with Crippen LogP contribution in [0.15, 0.2) is 24.4 Å². The number of fused-ring (bicyclic) bond motifs is 1. The first-order valence-electron chi connectivity index (χ1n) is 4.77. The second-order valence-corrected chi connectivity index (χ2v) is 4.61. The second-order valence-electron chi connectivity index (χ2n) is 3.37. The Morgan fingerprint density at radius 3 is 2.82 bits per heavy atom. The van der Waals surface area contributed by atoms with Gasteiger partial charge >= 0.3 is 6.36 Å². The SMILES string of the molecule is FC(F)(F)OCCn1ncc2ccc(I)cc21. The molecule has 0 fully saturated rings. The van der Waals surface area contributed by atoms with Crippen LogP contribution in [0.1, 0.15) is 0 Å². The van der Waals surface area contributed by atoms with Crippen LogP contribution in [0.2, 0.25) is 0 Å². The van der Waals surface area contributed by atoms with Crippen LogP contribution in [0.5, 0.6) is 0 Å². The van der Waals surface area contributed by atoms with Crippen molar-refractivity contribution in [3.05, 3.63) is 28.0 Å². The van der Waals surface area contributed by atoms with Crippen molar-refractivity contribution in [1.29, 1.82) is 0 Å². The predicted octanol–water partition coefficient (Wildman–Crippen LogP) is 3.18. The Morgan fingerprint density at radius 1 is 1.35 bits per heavy atom. The van der Waals surface area contributed by atoms with Gasteiger partial charge in [0, 0.05) is 8.96 Å². The van der Waals surface area contributed by atoms with Crippen molar-refractivity contribution in [2.45, 2.75) is 12.9 Å². The Hall–Kier alpha value is -0.830. The van der Waals surface area contributed by atoms with Gasteiger partial charge in [-0.1, -0.05) is 6.07 Å². The zero-order valence-electron chi connectivity index (χ0n) is 8.54. The molecule has 1 aromatic heterocycles. The van der Waals surface area contributed by atoms with E-state index in [9.17, 15) is 13.2 Å². The molecule has 7 heteroatoms. The summed E-state index contributed by atoms with van der Waals surface area (Å²) in [5.41, 5.74) is 0.808. The molecule has 1 aromatic carbocycles. The lowest BCUT2D eigenvalue weighted by atomic mass is 10.3. The molecule has 2 aromatic rings. The first-order valence-corrected chi connectivity index (χ1v) is 5.85. The van der Waals surface area contributed by atoms with E-state index in [-0.39, 0.29) is 6.54 Å². The Morgan fingerprint density at radius 2 is 2.12 bits per heavy atom. The minimum Gasteiger partial charge on any atom is -0.290 e. The van der Waals surface area contributed by atoms with Crippen molar-refractivity contribution in [1.82, 2.24) is 9.78 Å². The molecule has 1 heterocycles. The van der Waals surface area contributed by atoms with Gasteiger partial charge in [0.05, 0.1) is 24.9 Å². The summed E-state index contributed by atoms with van der Waals surface area (Å²) in [4.78, 5) is 0. The molecule has 17 heavy (non-hydrogen) atoms. The first-order chi connectivity index (χ1) is 7.96. The quantitative estimate of drug-likeness (QED) is 0.790. The van der Waals surface area contributed by atoms with E-state index in [1.54, 1.807) is 6.20 Å². The van der Waals surface area contributed by atoms with E-state index in [0.717, 1.165) is 14.5 Å². The molecule has 2 rings (SSSR count).